The average molecular weight is 187 g/mol. The van der Waals surface area contributed by atoms with E-state index in [1.54, 1.807) is 11.8 Å². The van der Waals surface area contributed by atoms with Gasteiger partial charge in [-0.15, -0.1) is 0 Å². The van der Waals surface area contributed by atoms with Gasteiger partial charge in [0.25, 0.3) is 0 Å². The highest BCUT2D eigenvalue weighted by Gasteiger charge is 1.93. The summed E-state index contributed by atoms with van der Waals surface area (Å²) in [6.07, 6.45) is 0. The van der Waals surface area contributed by atoms with Crippen LogP contribution in [0.1, 0.15) is 1.43 Å². The van der Waals surface area contributed by atoms with Crippen molar-refractivity contribution in [2.75, 3.05) is 0 Å². The zero-order valence-electron chi connectivity index (χ0n) is 8.18. The van der Waals surface area contributed by atoms with E-state index in [9.17, 15) is 0 Å². The van der Waals surface area contributed by atoms with Gasteiger partial charge < -0.3 is 0 Å². The molecule has 0 unspecified atom stereocenters. The molecule has 0 radical (unpaired) electrons. The molecular weight excluding hydrogens is 176 g/mol. The van der Waals surface area contributed by atoms with Gasteiger partial charge >= 0.3 is 1.43 Å². The molecule has 0 aliphatic heterocycles. The zero-order chi connectivity index (χ0) is 8.93. The Morgan fingerprint density at radius 2 is 1.00 bits per heavy atom. The summed E-state index contributed by atoms with van der Waals surface area (Å²) in [6, 6.07) is 20.8. The lowest BCUT2D eigenvalue weighted by Gasteiger charge is -1.99. The van der Waals surface area contributed by atoms with Crippen LogP contribution in [0.5, 0.6) is 0 Å². The van der Waals surface area contributed by atoms with Crippen molar-refractivity contribution < 1.29 is 1.43 Å². The fourth-order valence-electron chi connectivity index (χ4n) is 1.11. The molecule has 0 spiro atoms. The fraction of sp³-hybridized carbons (Fsp3) is 0. The number of benzene rings is 2. The largest absolute Gasteiger partial charge is 1.00 e. The number of hydrogen-bond acceptors (Lipinski definition) is 1. The van der Waals surface area contributed by atoms with Gasteiger partial charge in [0, 0.05) is 9.79 Å². The summed E-state index contributed by atoms with van der Waals surface area (Å²) in [5, 5.41) is 0. The highest BCUT2D eigenvalue weighted by atomic mass is 32.2. The van der Waals surface area contributed by atoms with E-state index in [0.717, 1.165) is 0 Å². The van der Waals surface area contributed by atoms with Crippen molar-refractivity contribution in [2.24, 2.45) is 0 Å². The Bertz CT molecular complexity index is 321. The van der Waals surface area contributed by atoms with Crippen LogP contribution in [0, 0.1) is 0 Å². The summed E-state index contributed by atoms with van der Waals surface area (Å²) >= 11 is 1.79. The third-order valence-electron chi connectivity index (χ3n) is 1.72. The highest BCUT2D eigenvalue weighted by molar-refractivity contribution is 7.99. The topological polar surface area (TPSA) is 0 Å². The van der Waals surface area contributed by atoms with Crippen molar-refractivity contribution in [1.82, 2.24) is 0 Å². The quantitative estimate of drug-likeness (QED) is 0.686. The Balaban J connectivity index is 0.000000980. The first-order chi connectivity index (χ1) is 6.45. The van der Waals surface area contributed by atoms with Crippen LogP contribution in [0.25, 0.3) is 0 Å². The molecule has 0 aliphatic carbocycles. The minimum atomic E-state index is 0. The van der Waals surface area contributed by atoms with E-state index in [-0.39, 0.29) is 1.43 Å². The van der Waals surface area contributed by atoms with Crippen LogP contribution in [0.4, 0.5) is 0 Å². The molecule has 0 atom stereocenters. The molecule has 0 N–H and O–H groups in total. The predicted octanol–water partition coefficient (Wildman–Crippen LogP) is 3.95. The van der Waals surface area contributed by atoms with E-state index in [0.29, 0.717) is 0 Å². The lowest BCUT2D eigenvalue weighted by atomic mass is 10.4. The zero-order valence-corrected chi connectivity index (χ0v) is 8.00. The predicted molar refractivity (Wildman–Crippen MR) is 58.1 cm³/mol. The van der Waals surface area contributed by atoms with Gasteiger partial charge in [0.15, 0.2) is 0 Å². The molecular formula is C12H11S+. The minimum absolute atomic E-state index is 0. The first-order valence-electron chi connectivity index (χ1n) is 4.23. The van der Waals surface area contributed by atoms with Crippen LogP contribution >= 0.6 is 11.8 Å². The molecule has 2 rings (SSSR count). The van der Waals surface area contributed by atoms with E-state index in [1.165, 1.54) is 9.79 Å². The summed E-state index contributed by atoms with van der Waals surface area (Å²) < 4.78 is 0. The Kier molecular flexibility index (Phi) is 2.68. The van der Waals surface area contributed by atoms with Crippen molar-refractivity contribution in [2.45, 2.75) is 9.79 Å². The first-order valence-corrected chi connectivity index (χ1v) is 5.05. The van der Waals surface area contributed by atoms with Gasteiger partial charge in [0.05, 0.1) is 0 Å². The molecule has 0 fully saturated rings. The number of hydrogen-bond donors (Lipinski definition) is 0. The summed E-state index contributed by atoms with van der Waals surface area (Å²) in [7, 11) is 0. The van der Waals surface area contributed by atoms with Crippen molar-refractivity contribution in [3.8, 4) is 0 Å². The van der Waals surface area contributed by atoms with E-state index in [4.69, 9.17) is 0 Å². The second-order valence-electron chi connectivity index (χ2n) is 2.73. The molecule has 0 nitrogen and oxygen atoms in total. The van der Waals surface area contributed by atoms with Gasteiger partial charge in [-0.1, -0.05) is 48.2 Å². The molecule has 13 heavy (non-hydrogen) atoms. The van der Waals surface area contributed by atoms with Crippen LogP contribution < -0.4 is 0 Å². The highest BCUT2D eigenvalue weighted by Crippen LogP contribution is 2.26. The molecule has 0 aromatic heterocycles. The molecule has 0 bridgehead atoms. The van der Waals surface area contributed by atoms with Gasteiger partial charge in [-0.2, -0.15) is 0 Å². The van der Waals surface area contributed by atoms with Crippen molar-refractivity contribution in [3.63, 3.8) is 0 Å². The SMILES string of the molecule is [H+].c1ccc(Sc2ccccc2)cc1. The third kappa shape index (κ3) is 2.36. The van der Waals surface area contributed by atoms with Crippen LogP contribution in [0.2, 0.25) is 0 Å². The molecule has 0 amide bonds. The smallest absolute Gasteiger partial charge is 0.0901 e. The average Bonchev–Trinajstić information content (AvgIpc) is 2.21. The first kappa shape index (κ1) is 8.39. The third-order valence-corrected chi connectivity index (χ3v) is 2.74. The maximum Gasteiger partial charge on any atom is 1.00 e. The van der Waals surface area contributed by atoms with E-state index < -0.39 is 0 Å². The van der Waals surface area contributed by atoms with Gasteiger partial charge in [-0.3, -0.25) is 0 Å². The monoisotopic (exact) mass is 187 g/mol. The van der Waals surface area contributed by atoms with Gasteiger partial charge in [-0.05, 0) is 24.3 Å². The second-order valence-corrected chi connectivity index (χ2v) is 3.88. The van der Waals surface area contributed by atoms with E-state index in [2.05, 4.69) is 48.5 Å². The summed E-state index contributed by atoms with van der Waals surface area (Å²) in [4.78, 5) is 2.57. The minimum Gasteiger partial charge on any atom is -0.0901 e. The Morgan fingerprint density at radius 3 is 1.38 bits per heavy atom. The molecule has 2 aromatic carbocycles. The lowest BCUT2D eigenvalue weighted by molar-refractivity contribution is 1.41. The van der Waals surface area contributed by atoms with Crippen molar-refractivity contribution in [1.29, 1.82) is 0 Å². The number of rotatable bonds is 2. The second kappa shape index (κ2) is 4.15. The van der Waals surface area contributed by atoms with Gasteiger partial charge in [0.1, 0.15) is 0 Å². The van der Waals surface area contributed by atoms with Crippen molar-refractivity contribution >= 4 is 11.8 Å². The Hall–Kier alpha value is -1.21. The molecule has 2 aromatic rings. The van der Waals surface area contributed by atoms with Crippen LogP contribution in [0.15, 0.2) is 70.5 Å². The molecule has 0 saturated carbocycles. The summed E-state index contributed by atoms with van der Waals surface area (Å²) in [5.74, 6) is 0. The standard InChI is InChI=1S/C12H10S/c1-3-7-11(8-4-1)13-12-9-5-2-6-10-12/h1-10H/p+1. The fourth-order valence-corrected chi connectivity index (χ4v) is 1.97. The van der Waals surface area contributed by atoms with Gasteiger partial charge in [0.2, 0.25) is 0 Å². The maximum absolute atomic E-state index is 2.12. The van der Waals surface area contributed by atoms with Crippen molar-refractivity contribution in [3.05, 3.63) is 60.7 Å². The maximum atomic E-state index is 2.12. The molecule has 0 aliphatic rings. The summed E-state index contributed by atoms with van der Waals surface area (Å²) in [5.41, 5.74) is 0. The lowest BCUT2D eigenvalue weighted by Crippen LogP contribution is -1.70. The van der Waals surface area contributed by atoms with Crippen LogP contribution in [0.3, 0.4) is 0 Å². The molecule has 64 valence electrons. The van der Waals surface area contributed by atoms with Crippen LogP contribution in [-0.2, 0) is 0 Å². The van der Waals surface area contributed by atoms with E-state index >= 15 is 0 Å². The Labute approximate surface area is 84.1 Å². The van der Waals surface area contributed by atoms with Crippen LogP contribution in [-0.4, -0.2) is 0 Å². The Morgan fingerprint density at radius 1 is 0.615 bits per heavy atom. The molecule has 0 saturated heterocycles. The summed E-state index contributed by atoms with van der Waals surface area (Å²) in [6.45, 7) is 0. The van der Waals surface area contributed by atoms with E-state index in [1.807, 2.05) is 12.1 Å². The molecule has 1 heteroatoms. The van der Waals surface area contributed by atoms with Gasteiger partial charge in [-0.25, -0.2) is 0 Å². The molecule has 0 heterocycles. The normalized spacial score (nSPS) is 9.85.